The van der Waals surface area contributed by atoms with E-state index < -0.39 is 0 Å². The third kappa shape index (κ3) is 5.98. The van der Waals surface area contributed by atoms with Crippen LogP contribution >= 0.6 is 0 Å². The Balaban J connectivity index is 2.11. The number of ether oxygens (including phenoxy) is 1. The molecule has 1 aromatic carbocycles. The fraction of sp³-hybridized carbons (Fsp3) is 0.478. The first kappa shape index (κ1) is 20.2. The van der Waals surface area contributed by atoms with Crippen molar-refractivity contribution in [3.63, 3.8) is 0 Å². The lowest BCUT2D eigenvalue weighted by atomic mass is 10.0. The van der Waals surface area contributed by atoms with Crippen molar-refractivity contribution in [2.75, 3.05) is 0 Å². The number of aromatic nitrogens is 1. The van der Waals surface area contributed by atoms with Crippen molar-refractivity contribution in [2.24, 2.45) is 5.92 Å². The molecule has 140 valence electrons. The summed E-state index contributed by atoms with van der Waals surface area (Å²) in [7, 11) is 0. The Hall–Kier alpha value is -2.16. The van der Waals surface area contributed by atoms with Crippen molar-refractivity contribution in [3.05, 3.63) is 48.2 Å². The number of unbranched alkanes of at least 4 members (excludes halogenated alkanes) is 4. The quantitative estimate of drug-likeness (QED) is 0.289. The molecular formula is C23H31NO2. The number of carbonyl (C=O) groups is 1. The average Bonchev–Trinajstić information content (AvgIpc) is 2.67. The molecule has 1 unspecified atom stereocenters. The summed E-state index contributed by atoms with van der Waals surface area (Å²) in [5, 5.41) is 0. The Morgan fingerprint density at radius 1 is 1.08 bits per heavy atom. The van der Waals surface area contributed by atoms with Crippen molar-refractivity contribution < 1.29 is 9.53 Å². The van der Waals surface area contributed by atoms with Gasteiger partial charge in [-0.3, -0.25) is 9.78 Å². The van der Waals surface area contributed by atoms with Crippen LogP contribution in [0.1, 0.15) is 64.9 Å². The molecule has 26 heavy (non-hydrogen) atoms. The number of rotatable bonds is 10. The minimum Gasteiger partial charge on any atom is -0.426 e. The van der Waals surface area contributed by atoms with E-state index >= 15 is 0 Å². The molecule has 0 fully saturated rings. The summed E-state index contributed by atoms with van der Waals surface area (Å²) < 4.78 is 5.64. The number of esters is 1. The molecule has 0 aliphatic heterocycles. The van der Waals surface area contributed by atoms with E-state index in [2.05, 4.69) is 24.0 Å². The Morgan fingerprint density at radius 2 is 1.85 bits per heavy atom. The second-order valence-electron chi connectivity index (χ2n) is 6.94. The predicted molar refractivity (Wildman–Crippen MR) is 107 cm³/mol. The zero-order chi connectivity index (χ0) is 18.8. The number of benzene rings is 1. The molecule has 0 aliphatic carbocycles. The van der Waals surface area contributed by atoms with Gasteiger partial charge in [-0.2, -0.15) is 0 Å². The van der Waals surface area contributed by atoms with E-state index in [1.54, 1.807) is 0 Å². The van der Waals surface area contributed by atoms with E-state index in [4.69, 9.17) is 4.74 Å². The first-order valence-electron chi connectivity index (χ1n) is 9.91. The molecule has 1 heterocycles. The number of hydrogen-bond donors (Lipinski definition) is 0. The SMILES string of the molecule is CCCCCCCc1ccnc(-c2ccccc2OC(=O)C(C)CC)c1. The van der Waals surface area contributed by atoms with Gasteiger partial charge < -0.3 is 4.74 Å². The number of pyridine rings is 1. The number of nitrogens with zero attached hydrogens (tertiary/aromatic N) is 1. The topological polar surface area (TPSA) is 39.2 Å². The van der Waals surface area contributed by atoms with Gasteiger partial charge in [0.25, 0.3) is 0 Å². The molecule has 0 N–H and O–H groups in total. The molecule has 3 heteroatoms. The second kappa shape index (κ2) is 10.7. The molecule has 0 aliphatic rings. The fourth-order valence-electron chi connectivity index (χ4n) is 2.85. The minimum absolute atomic E-state index is 0.106. The van der Waals surface area contributed by atoms with Crippen LogP contribution < -0.4 is 4.74 Å². The lowest BCUT2D eigenvalue weighted by molar-refractivity contribution is -0.138. The zero-order valence-corrected chi connectivity index (χ0v) is 16.3. The minimum atomic E-state index is -0.188. The Labute approximate surface area is 157 Å². The van der Waals surface area contributed by atoms with Crippen molar-refractivity contribution in [3.8, 4) is 17.0 Å². The highest BCUT2D eigenvalue weighted by atomic mass is 16.5. The van der Waals surface area contributed by atoms with Gasteiger partial charge in [0.05, 0.1) is 11.6 Å². The monoisotopic (exact) mass is 353 g/mol. The molecule has 1 aromatic heterocycles. The molecule has 0 amide bonds. The third-order valence-electron chi connectivity index (χ3n) is 4.78. The van der Waals surface area contributed by atoms with Crippen LogP contribution in [0.3, 0.4) is 0 Å². The molecule has 0 radical (unpaired) electrons. The first-order chi connectivity index (χ1) is 12.7. The van der Waals surface area contributed by atoms with Crippen molar-refractivity contribution in [1.29, 1.82) is 0 Å². The van der Waals surface area contributed by atoms with E-state index in [0.29, 0.717) is 5.75 Å². The van der Waals surface area contributed by atoms with Gasteiger partial charge in [-0.25, -0.2) is 0 Å². The summed E-state index contributed by atoms with van der Waals surface area (Å²) in [6.07, 6.45) is 10.1. The van der Waals surface area contributed by atoms with Crippen molar-refractivity contribution in [1.82, 2.24) is 4.98 Å². The van der Waals surface area contributed by atoms with Gasteiger partial charge in [0.15, 0.2) is 0 Å². The highest BCUT2D eigenvalue weighted by Gasteiger charge is 2.16. The lowest BCUT2D eigenvalue weighted by Gasteiger charge is -2.13. The van der Waals surface area contributed by atoms with Crippen LogP contribution in [-0.4, -0.2) is 11.0 Å². The zero-order valence-electron chi connectivity index (χ0n) is 16.3. The lowest BCUT2D eigenvalue weighted by Crippen LogP contribution is -2.17. The van der Waals surface area contributed by atoms with Crippen LogP contribution in [-0.2, 0) is 11.2 Å². The van der Waals surface area contributed by atoms with Crippen LogP contribution in [0.4, 0.5) is 0 Å². The molecule has 3 nitrogen and oxygen atoms in total. The van der Waals surface area contributed by atoms with Gasteiger partial charge >= 0.3 is 5.97 Å². The second-order valence-corrected chi connectivity index (χ2v) is 6.94. The summed E-state index contributed by atoms with van der Waals surface area (Å²) in [4.78, 5) is 16.7. The molecular weight excluding hydrogens is 322 g/mol. The highest BCUT2D eigenvalue weighted by molar-refractivity contribution is 5.78. The summed E-state index contributed by atoms with van der Waals surface area (Å²) >= 11 is 0. The molecule has 2 rings (SSSR count). The number of para-hydroxylation sites is 1. The van der Waals surface area contributed by atoms with Crippen LogP contribution in [0.25, 0.3) is 11.3 Å². The van der Waals surface area contributed by atoms with Crippen LogP contribution in [0, 0.1) is 5.92 Å². The Morgan fingerprint density at radius 3 is 2.62 bits per heavy atom. The van der Waals surface area contributed by atoms with Crippen molar-refractivity contribution in [2.45, 2.75) is 65.7 Å². The standard InChI is InChI=1S/C23H31NO2/c1-4-6-7-8-9-12-19-15-16-24-21(17-19)20-13-10-11-14-22(20)26-23(25)18(3)5-2/h10-11,13-18H,4-9,12H2,1-3H3. The van der Waals surface area contributed by atoms with Crippen LogP contribution in [0.5, 0.6) is 5.75 Å². The number of carbonyl (C=O) groups excluding carboxylic acids is 1. The maximum Gasteiger partial charge on any atom is 0.314 e. The van der Waals surface area contributed by atoms with Gasteiger partial charge in [0.2, 0.25) is 0 Å². The summed E-state index contributed by atoms with van der Waals surface area (Å²) in [5.41, 5.74) is 3.02. The Kier molecular flexibility index (Phi) is 8.33. The predicted octanol–water partition coefficient (Wildman–Crippen LogP) is 6.21. The van der Waals surface area contributed by atoms with Gasteiger partial charge in [0, 0.05) is 11.8 Å². The smallest absolute Gasteiger partial charge is 0.314 e. The van der Waals surface area contributed by atoms with E-state index in [0.717, 1.165) is 24.1 Å². The number of aryl methyl sites for hydroxylation is 1. The molecule has 0 saturated heterocycles. The average molecular weight is 354 g/mol. The van der Waals surface area contributed by atoms with E-state index in [9.17, 15) is 4.79 Å². The largest absolute Gasteiger partial charge is 0.426 e. The van der Waals surface area contributed by atoms with Gasteiger partial charge in [-0.05, 0) is 49.1 Å². The number of hydrogen-bond acceptors (Lipinski definition) is 3. The Bertz CT molecular complexity index is 696. The van der Waals surface area contributed by atoms with Crippen LogP contribution in [0.15, 0.2) is 42.6 Å². The van der Waals surface area contributed by atoms with Crippen molar-refractivity contribution >= 4 is 5.97 Å². The summed E-state index contributed by atoms with van der Waals surface area (Å²) in [6.45, 7) is 6.12. The van der Waals surface area contributed by atoms with E-state index in [1.807, 2.05) is 44.3 Å². The molecule has 0 spiro atoms. The molecule has 2 aromatic rings. The van der Waals surface area contributed by atoms with Gasteiger partial charge in [-0.1, -0.05) is 58.6 Å². The van der Waals surface area contributed by atoms with Crippen LogP contribution in [0.2, 0.25) is 0 Å². The first-order valence-corrected chi connectivity index (χ1v) is 9.91. The van der Waals surface area contributed by atoms with Gasteiger partial charge in [-0.15, -0.1) is 0 Å². The fourth-order valence-corrected chi connectivity index (χ4v) is 2.85. The maximum atomic E-state index is 12.2. The normalized spacial score (nSPS) is 12.0. The molecule has 0 saturated carbocycles. The van der Waals surface area contributed by atoms with E-state index in [-0.39, 0.29) is 11.9 Å². The van der Waals surface area contributed by atoms with Gasteiger partial charge in [0.1, 0.15) is 5.75 Å². The molecule has 1 atom stereocenters. The highest BCUT2D eigenvalue weighted by Crippen LogP contribution is 2.29. The van der Waals surface area contributed by atoms with E-state index in [1.165, 1.54) is 37.7 Å². The molecule has 0 bridgehead atoms. The summed E-state index contributed by atoms with van der Waals surface area (Å²) in [5.74, 6) is 0.294. The summed E-state index contributed by atoms with van der Waals surface area (Å²) in [6, 6.07) is 11.9. The third-order valence-corrected chi connectivity index (χ3v) is 4.78. The maximum absolute atomic E-state index is 12.2.